The van der Waals surface area contributed by atoms with Crippen molar-refractivity contribution in [3.05, 3.63) is 96.6 Å². The lowest BCUT2D eigenvalue weighted by Gasteiger charge is -2.33. The first-order valence-corrected chi connectivity index (χ1v) is 13.1. The molecule has 0 radical (unpaired) electrons. The Morgan fingerprint density at radius 2 is 1.37 bits per heavy atom. The molecule has 1 unspecified atom stereocenters. The van der Waals surface area contributed by atoms with Crippen LogP contribution in [0.1, 0.15) is 25.8 Å². The number of amides is 2. The van der Waals surface area contributed by atoms with Gasteiger partial charge in [-0.2, -0.15) is 0 Å². The van der Waals surface area contributed by atoms with Crippen molar-refractivity contribution in [2.24, 2.45) is 0 Å². The Labute approximate surface area is 207 Å². The molecule has 1 N–H and O–H groups in total. The van der Waals surface area contributed by atoms with E-state index in [1.54, 1.807) is 48.5 Å². The van der Waals surface area contributed by atoms with Crippen LogP contribution in [0.4, 0.5) is 5.69 Å². The number of hydrogen-bond acceptors (Lipinski definition) is 4. The number of likely N-dealkylation sites (N-methyl/N-ethyl adjacent to an activating group) is 1. The summed E-state index contributed by atoms with van der Waals surface area (Å²) < 4.78 is 28.3. The van der Waals surface area contributed by atoms with E-state index < -0.39 is 28.5 Å². The molecule has 3 aromatic carbocycles. The molecular weight excluding hydrogens is 462 g/mol. The summed E-state index contributed by atoms with van der Waals surface area (Å²) in [5, 5.41) is 2.79. The van der Waals surface area contributed by atoms with E-state index in [0.717, 1.165) is 9.87 Å². The summed E-state index contributed by atoms with van der Waals surface area (Å²) in [5.74, 6) is -0.730. The third-order valence-corrected chi connectivity index (χ3v) is 7.37. The van der Waals surface area contributed by atoms with E-state index in [4.69, 9.17) is 0 Å². The number of carbonyl (C=O) groups excluding carboxylic acids is 2. The van der Waals surface area contributed by atoms with Crippen LogP contribution < -0.4 is 9.62 Å². The van der Waals surface area contributed by atoms with Gasteiger partial charge >= 0.3 is 0 Å². The van der Waals surface area contributed by atoms with Crippen LogP contribution in [0.25, 0.3) is 0 Å². The zero-order valence-corrected chi connectivity index (χ0v) is 20.8. The summed E-state index contributed by atoms with van der Waals surface area (Å²) in [4.78, 5) is 28.2. The van der Waals surface area contributed by atoms with Gasteiger partial charge in [0.25, 0.3) is 10.0 Å². The van der Waals surface area contributed by atoms with E-state index in [2.05, 4.69) is 5.32 Å². The van der Waals surface area contributed by atoms with Crippen molar-refractivity contribution in [3.63, 3.8) is 0 Å². The summed E-state index contributed by atoms with van der Waals surface area (Å²) in [6.07, 6.45) is 0.390. The number of hydrogen-bond donors (Lipinski definition) is 1. The monoisotopic (exact) mass is 493 g/mol. The largest absolute Gasteiger partial charge is 0.355 e. The van der Waals surface area contributed by atoms with Crippen LogP contribution in [-0.4, -0.2) is 44.3 Å². The highest BCUT2D eigenvalue weighted by Crippen LogP contribution is 2.24. The number of benzene rings is 3. The average molecular weight is 494 g/mol. The van der Waals surface area contributed by atoms with Crippen molar-refractivity contribution < 1.29 is 18.0 Å². The zero-order chi connectivity index (χ0) is 25.3. The van der Waals surface area contributed by atoms with Crippen LogP contribution in [0.5, 0.6) is 0 Å². The number of nitrogens with one attached hydrogen (secondary N) is 1. The van der Waals surface area contributed by atoms with Gasteiger partial charge in [-0.1, -0.05) is 73.7 Å². The van der Waals surface area contributed by atoms with Gasteiger partial charge in [0.1, 0.15) is 12.6 Å². The van der Waals surface area contributed by atoms with Gasteiger partial charge < -0.3 is 10.2 Å². The quantitative estimate of drug-likeness (QED) is 0.440. The molecule has 0 aliphatic rings. The predicted octanol–water partition coefficient (Wildman–Crippen LogP) is 3.83. The van der Waals surface area contributed by atoms with E-state index in [1.165, 1.54) is 17.0 Å². The van der Waals surface area contributed by atoms with E-state index in [-0.39, 0.29) is 17.3 Å². The fourth-order valence-corrected chi connectivity index (χ4v) is 5.27. The molecule has 0 bridgehead atoms. The van der Waals surface area contributed by atoms with Gasteiger partial charge in [-0.25, -0.2) is 8.42 Å². The molecule has 0 saturated heterocycles. The predicted molar refractivity (Wildman–Crippen MR) is 137 cm³/mol. The highest BCUT2D eigenvalue weighted by Gasteiger charge is 2.33. The van der Waals surface area contributed by atoms with E-state index in [9.17, 15) is 18.0 Å². The molecule has 3 aromatic rings. The second kappa shape index (κ2) is 12.2. The minimum atomic E-state index is -4.03. The van der Waals surface area contributed by atoms with E-state index in [1.807, 2.05) is 44.2 Å². The van der Waals surface area contributed by atoms with Gasteiger partial charge in [-0.05, 0) is 43.2 Å². The first-order valence-electron chi connectivity index (χ1n) is 11.6. The van der Waals surface area contributed by atoms with Crippen LogP contribution >= 0.6 is 0 Å². The van der Waals surface area contributed by atoms with Crippen molar-refractivity contribution in [1.82, 2.24) is 10.2 Å². The van der Waals surface area contributed by atoms with Crippen LogP contribution in [0.15, 0.2) is 95.9 Å². The maximum atomic E-state index is 13.8. The summed E-state index contributed by atoms with van der Waals surface area (Å²) in [5.41, 5.74) is 1.22. The smallest absolute Gasteiger partial charge is 0.264 e. The fourth-order valence-electron chi connectivity index (χ4n) is 3.83. The molecule has 3 rings (SSSR count). The highest BCUT2D eigenvalue weighted by molar-refractivity contribution is 7.92. The van der Waals surface area contributed by atoms with Crippen LogP contribution in [0, 0.1) is 0 Å². The second-order valence-corrected chi connectivity index (χ2v) is 9.85. The fraction of sp³-hybridized carbons (Fsp3) is 0.259. The molecule has 0 saturated carbocycles. The normalized spacial score (nSPS) is 11.9. The average Bonchev–Trinajstić information content (AvgIpc) is 2.88. The Kier molecular flexibility index (Phi) is 9.03. The molecule has 1 atom stereocenters. The Morgan fingerprint density at radius 3 is 1.91 bits per heavy atom. The van der Waals surface area contributed by atoms with Crippen molar-refractivity contribution in [1.29, 1.82) is 0 Å². The Morgan fingerprint density at radius 1 is 0.829 bits per heavy atom. The zero-order valence-electron chi connectivity index (χ0n) is 20.0. The second-order valence-electron chi connectivity index (χ2n) is 7.99. The molecule has 0 spiro atoms. The number of carbonyl (C=O) groups is 2. The third kappa shape index (κ3) is 6.48. The first-order chi connectivity index (χ1) is 16.9. The molecule has 7 nitrogen and oxygen atoms in total. The highest BCUT2D eigenvalue weighted by atomic mass is 32.2. The summed E-state index contributed by atoms with van der Waals surface area (Å²) >= 11 is 0. The standard InChI is InChI=1S/C27H31N3O4S/c1-3-25(27(32)28-4-2)29(20-22-14-8-5-9-15-22)26(31)21-30(23-16-10-6-11-17-23)35(33,34)24-18-12-7-13-19-24/h5-19,25H,3-4,20-21H2,1-2H3,(H,28,32). The molecule has 0 aromatic heterocycles. The van der Waals surface area contributed by atoms with Gasteiger partial charge in [-0.3, -0.25) is 13.9 Å². The lowest BCUT2D eigenvalue weighted by molar-refractivity contribution is -0.140. The Balaban J connectivity index is 2.01. The number of nitrogens with zero attached hydrogens (tertiary/aromatic N) is 2. The van der Waals surface area contributed by atoms with Gasteiger partial charge in [0.05, 0.1) is 10.6 Å². The molecule has 0 aliphatic heterocycles. The topological polar surface area (TPSA) is 86.8 Å². The van der Waals surface area contributed by atoms with Crippen LogP contribution in [0.3, 0.4) is 0 Å². The minimum Gasteiger partial charge on any atom is -0.355 e. The first kappa shape index (κ1) is 26.0. The molecule has 8 heteroatoms. The molecule has 0 fully saturated rings. The van der Waals surface area contributed by atoms with E-state index in [0.29, 0.717) is 18.7 Å². The maximum Gasteiger partial charge on any atom is 0.264 e. The van der Waals surface area contributed by atoms with Gasteiger partial charge in [0.2, 0.25) is 11.8 Å². The number of sulfonamides is 1. The number of para-hydroxylation sites is 1. The minimum absolute atomic E-state index is 0.0852. The van der Waals surface area contributed by atoms with Gasteiger partial charge in [-0.15, -0.1) is 0 Å². The molecule has 0 heterocycles. The molecule has 0 aliphatic carbocycles. The van der Waals surface area contributed by atoms with Crippen molar-refractivity contribution in [2.75, 3.05) is 17.4 Å². The lowest BCUT2D eigenvalue weighted by atomic mass is 10.1. The van der Waals surface area contributed by atoms with Crippen LogP contribution in [-0.2, 0) is 26.2 Å². The van der Waals surface area contributed by atoms with Crippen molar-refractivity contribution in [3.8, 4) is 0 Å². The summed E-state index contributed by atoms with van der Waals surface area (Å²) in [6.45, 7) is 3.83. The number of anilines is 1. The third-order valence-electron chi connectivity index (χ3n) is 5.59. The Bertz CT molecular complexity index is 1200. The van der Waals surface area contributed by atoms with Crippen molar-refractivity contribution >= 4 is 27.5 Å². The SMILES string of the molecule is CCNC(=O)C(CC)N(Cc1ccccc1)C(=O)CN(c1ccccc1)S(=O)(=O)c1ccccc1. The molecular formula is C27H31N3O4S. The molecule has 2 amide bonds. The summed E-state index contributed by atoms with van der Waals surface area (Å²) in [7, 11) is -4.03. The molecule has 184 valence electrons. The van der Waals surface area contributed by atoms with Gasteiger partial charge in [0, 0.05) is 13.1 Å². The van der Waals surface area contributed by atoms with E-state index >= 15 is 0 Å². The van der Waals surface area contributed by atoms with Gasteiger partial charge in [0.15, 0.2) is 0 Å². The summed E-state index contributed by atoms with van der Waals surface area (Å²) in [6, 6.07) is 25.2. The Hall–Kier alpha value is -3.65. The lowest BCUT2D eigenvalue weighted by Crippen LogP contribution is -2.52. The maximum absolute atomic E-state index is 13.8. The number of rotatable bonds is 11. The van der Waals surface area contributed by atoms with Crippen LogP contribution in [0.2, 0.25) is 0 Å². The molecule has 35 heavy (non-hydrogen) atoms. The van der Waals surface area contributed by atoms with Crippen molar-refractivity contribution in [2.45, 2.75) is 37.8 Å².